The van der Waals surface area contributed by atoms with Crippen molar-refractivity contribution in [2.45, 2.75) is 26.4 Å². The summed E-state index contributed by atoms with van der Waals surface area (Å²) in [6.45, 7) is 5.43. The van der Waals surface area contributed by atoms with Crippen LogP contribution in [0.2, 0.25) is 10.0 Å². The standard InChI is InChI=1S/C15H15Cl2NO2S/c1-15(2,3)20-14(19)13-11(18)7-12(21-13)9-6-8(16)4-5-10(9)17/h4-7H,18H2,1-3H3. The van der Waals surface area contributed by atoms with Gasteiger partial charge in [-0.1, -0.05) is 23.2 Å². The first-order chi connectivity index (χ1) is 9.67. The van der Waals surface area contributed by atoms with Crippen LogP contribution in [0.15, 0.2) is 24.3 Å². The Bertz CT molecular complexity index is 689. The smallest absolute Gasteiger partial charge is 0.350 e. The number of hydrogen-bond donors (Lipinski definition) is 1. The summed E-state index contributed by atoms with van der Waals surface area (Å²) in [7, 11) is 0. The first-order valence-corrected chi connectivity index (χ1v) is 7.83. The predicted octanol–water partition coefficient (Wildman–Crippen LogP) is 5.26. The quantitative estimate of drug-likeness (QED) is 0.756. The molecule has 2 N–H and O–H groups in total. The lowest BCUT2D eigenvalue weighted by Gasteiger charge is -2.18. The fourth-order valence-corrected chi connectivity index (χ4v) is 3.14. The molecule has 0 aliphatic carbocycles. The lowest BCUT2D eigenvalue weighted by molar-refractivity contribution is 0.00764. The fourth-order valence-electron chi connectivity index (χ4n) is 1.71. The first kappa shape index (κ1) is 16.1. The maximum atomic E-state index is 12.1. The van der Waals surface area contributed by atoms with Gasteiger partial charge in [-0.25, -0.2) is 4.79 Å². The van der Waals surface area contributed by atoms with Crippen LogP contribution in [-0.2, 0) is 4.74 Å². The molecule has 0 aliphatic heterocycles. The van der Waals surface area contributed by atoms with Gasteiger partial charge in [-0.05, 0) is 45.0 Å². The SMILES string of the molecule is CC(C)(C)OC(=O)c1sc(-c2cc(Cl)ccc2Cl)cc1N. The van der Waals surface area contributed by atoms with Crippen molar-refractivity contribution in [2.75, 3.05) is 5.73 Å². The molecule has 2 rings (SSSR count). The number of anilines is 1. The molecule has 1 heterocycles. The van der Waals surface area contributed by atoms with Gasteiger partial charge in [0.05, 0.1) is 5.69 Å². The van der Waals surface area contributed by atoms with E-state index in [9.17, 15) is 4.79 Å². The molecule has 0 fully saturated rings. The Morgan fingerprint density at radius 2 is 1.90 bits per heavy atom. The highest BCUT2D eigenvalue weighted by Crippen LogP contribution is 2.38. The molecule has 112 valence electrons. The normalized spacial score (nSPS) is 11.5. The molecule has 0 saturated carbocycles. The van der Waals surface area contributed by atoms with Gasteiger partial charge < -0.3 is 10.5 Å². The molecule has 1 aromatic carbocycles. The van der Waals surface area contributed by atoms with Crippen LogP contribution >= 0.6 is 34.5 Å². The molecule has 0 aliphatic rings. The highest BCUT2D eigenvalue weighted by atomic mass is 35.5. The molecule has 1 aromatic heterocycles. The molecule has 0 amide bonds. The highest BCUT2D eigenvalue weighted by molar-refractivity contribution is 7.18. The average molecular weight is 344 g/mol. The van der Waals surface area contributed by atoms with Crippen molar-refractivity contribution in [1.29, 1.82) is 0 Å². The Balaban J connectivity index is 2.39. The third kappa shape index (κ3) is 3.90. The van der Waals surface area contributed by atoms with E-state index in [2.05, 4.69) is 0 Å². The summed E-state index contributed by atoms with van der Waals surface area (Å²) >= 11 is 13.4. The molecule has 21 heavy (non-hydrogen) atoms. The Kier molecular flexibility index (Phi) is 4.51. The van der Waals surface area contributed by atoms with Gasteiger partial charge in [0.2, 0.25) is 0 Å². The van der Waals surface area contributed by atoms with Crippen molar-refractivity contribution in [3.05, 3.63) is 39.2 Å². The van der Waals surface area contributed by atoms with Crippen molar-refractivity contribution in [1.82, 2.24) is 0 Å². The number of thiophene rings is 1. The Morgan fingerprint density at radius 3 is 2.52 bits per heavy atom. The van der Waals surface area contributed by atoms with Crippen LogP contribution in [0, 0.1) is 0 Å². The zero-order valence-electron chi connectivity index (χ0n) is 11.9. The number of nitrogen functional groups attached to an aromatic ring is 1. The summed E-state index contributed by atoms with van der Waals surface area (Å²) in [6.07, 6.45) is 0. The van der Waals surface area contributed by atoms with Crippen LogP contribution in [0.4, 0.5) is 5.69 Å². The number of halogens is 2. The molecule has 0 unspecified atom stereocenters. The molecule has 0 spiro atoms. The minimum absolute atomic E-state index is 0.371. The molecule has 0 radical (unpaired) electrons. The van der Waals surface area contributed by atoms with Gasteiger partial charge in [-0.2, -0.15) is 0 Å². The molecule has 2 aromatic rings. The third-order valence-electron chi connectivity index (χ3n) is 2.54. The maximum Gasteiger partial charge on any atom is 0.350 e. The van der Waals surface area contributed by atoms with Gasteiger partial charge >= 0.3 is 5.97 Å². The number of esters is 1. The highest BCUT2D eigenvalue weighted by Gasteiger charge is 2.23. The molecule has 0 bridgehead atoms. The Labute approximate surface area is 137 Å². The van der Waals surface area contributed by atoms with Crippen LogP contribution < -0.4 is 5.73 Å². The van der Waals surface area contributed by atoms with Gasteiger partial charge in [0.15, 0.2) is 0 Å². The summed E-state index contributed by atoms with van der Waals surface area (Å²) in [5.41, 5.74) is 6.47. The third-order valence-corrected chi connectivity index (χ3v) is 4.27. The van der Waals surface area contributed by atoms with Crippen LogP contribution in [0.1, 0.15) is 30.4 Å². The van der Waals surface area contributed by atoms with Gasteiger partial charge in [0, 0.05) is 20.5 Å². The molecular weight excluding hydrogens is 329 g/mol. The lowest BCUT2D eigenvalue weighted by atomic mass is 10.2. The number of carbonyl (C=O) groups is 1. The molecule has 0 saturated heterocycles. The molecule has 3 nitrogen and oxygen atoms in total. The number of carbonyl (C=O) groups excluding carboxylic acids is 1. The lowest BCUT2D eigenvalue weighted by Crippen LogP contribution is -2.23. The van der Waals surface area contributed by atoms with Crippen molar-refractivity contribution >= 4 is 46.2 Å². The van der Waals surface area contributed by atoms with Crippen molar-refractivity contribution in [3.63, 3.8) is 0 Å². The van der Waals surface area contributed by atoms with E-state index in [0.717, 1.165) is 10.4 Å². The van der Waals surface area contributed by atoms with Gasteiger partial charge in [0.25, 0.3) is 0 Å². The summed E-state index contributed by atoms with van der Waals surface area (Å²) in [6, 6.07) is 6.87. The number of hydrogen-bond acceptors (Lipinski definition) is 4. The Morgan fingerprint density at radius 1 is 1.24 bits per heavy atom. The largest absolute Gasteiger partial charge is 0.456 e. The van der Waals surface area contributed by atoms with Gasteiger partial charge in [-0.15, -0.1) is 11.3 Å². The summed E-state index contributed by atoms with van der Waals surface area (Å²) in [5.74, 6) is -0.436. The first-order valence-electron chi connectivity index (χ1n) is 6.25. The van der Waals surface area contributed by atoms with Crippen LogP contribution in [0.5, 0.6) is 0 Å². The molecule has 0 atom stereocenters. The maximum absolute atomic E-state index is 12.1. The van der Waals surface area contributed by atoms with E-state index in [-0.39, 0.29) is 0 Å². The zero-order chi connectivity index (χ0) is 15.8. The topological polar surface area (TPSA) is 52.3 Å². The van der Waals surface area contributed by atoms with E-state index in [0.29, 0.717) is 20.6 Å². The minimum atomic E-state index is -0.568. The summed E-state index contributed by atoms with van der Waals surface area (Å²) in [4.78, 5) is 13.3. The zero-order valence-corrected chi connectivity index (χ0v) is 14.2. The number of benzene rings is 1. The van der Waals surface area contributed by atoms with Crippen LogP contribution in [-0.4, -0.2) is 11.6 Å². The molecule has 6 heteroatoms. The monoisotopic (exact) mass is 343 g/mol. The van der Waals surface area contributed by atoms with Crippen molar-refractivity contribution in [2.24, 2.45) is 0 Å². The number of ether oxygens (including phenoxy) is 1. The van der Waals surface area contributed by atoms with Crippen LogP contribution in [0.25, 0.3) is 10.4 Å². The Hall–Kier alpha value is -1.23. The fraction of sp³-hybridized carbons (Fsp3) is 0.267. The van der Waals surface area contributed by atoms with E-state index in [1.807, 2.05) is 20.8 Å². The molecular formula is C15H15Cl2NO2S. The summed E-state index contributed by atoms with van der Waals surface area (Å²) < 4.78 is 5.34. The van der Waals surface area contributed by atoms with E-state index in [1.54, 1.807) is 24.3 Å². The predicted molar refractivity (Wildman–Crippen MR) is 89.4 cm³/mol. The van der Waals surface area contributed by atoms with E-state index in [1.165, 1.54) is 11.3 Å². The second-order valence-corrected chi connectivity index (χ2v) is 7.42. The van der Waals surface area contributed by atoms with E-state index in [4.69, 9.17) is 33.7 Å². The second kappa shape index (κ2) is 5.87. The average Bonchev–Trinajstić information content (AvgIpc) is 2.72. The van der Waals surface area contributed by atoms with Gasteiger partial charge in [-0.3, -0.25) is 0 Å². The van der Waals surface area contributed by atoms with Crippen molar-refractivity contribution < 1.29 is 9.53 Å². The van der Waals surface area contributed by atoms with E-state index < -0.39 is 11.6 Å². The van der Waals surface area contributed by atoms with Crippen LogP contribution in [0.3, 0.4) is 0 Å². The minimum Gasteiger partial charge on any atom is -0.456 e. The second-order valence-electron chi connectivity index (χ2n) is 5.52. The van der Waals surface area contributed by atoms with E-state index >= 15 is 0 Å². The van der Waals surface area contributed by atoms with Gasteiger partial charge in [0.1, 0.15) is 10.5 Å². The number of rotatable bonds is 2. The summed E-state index contributed by atoms with van der Waals surface area (Å²) in [5, 5.41) is 1.12. The van der Waals surface area contributed by atoms with Crippen molar-refractivity contribution in [3.8, 4) is 10.4 Å². The number of nitrogens with two attached hydrogens (primary N) is 1.